The van der Waals surface area contributed by atoms with E-state index >= 15 is 0 Å². The van der Waals surface area contributed by atoms with E-state index in [1.807, 2.05) is 31.2 Å². The molecule has 0 radical (unpaired) electrons. The van der Waals surface area contributed by atoms with Crippen molar-refractivity contribution in [1.29, 1.82) is 0 Å². The second-order valence-electron chi connectivity index (χ2n) is 7.91. The zero-order chi connectivity index (χ0) is 22.5. The summed E-state index contributed by atoms with van der Waals surface area (Å²) in [5.41, 5.74) is 8.70. The summed E-state index contributed by atoms with van der Waals surface area (Å²) in [6, 6.07) is 16.0. The molecular formula is C24H28N6O2. The molecule has 0 amide bonds. The third-order valence-electron chi connectivity index (χ3n) is 5.86. The second-order valence-corrected chi connectivity index (χ2v) is 7.91. The average molecular weight is 433 g/mol. The van der Waals surface area contributed by atoms with Gasteiger partial charge in [0.25, 0.3) is 0 Å². The fourth-order valence-electron chi connectivity index (χ4n) is 4.21. The molecule has 0 bridgehead atoms. The highest BCUT2D eigenvalue weighted by atomic mass is 16.4. The Kier molecular flexibility index (Phi) is 6.61. The van der Waals surface area contributed by atoms with Crippen LogP contribution in [0, 0.1) is 0 Å². The van der Waals surface area contributed by atoms with Gasteiger partial charge in [-0.15, -0.1) is 10.2 Å². The quantitative estimate of drug-likeness (QED) is 0.472. The van der Waals surface area contributed by atoms with E-state index in [4.69, 9.17) is 0 Å². The van der Waals surface area contributed by atoms with Crippen LogP contribution in [-0.2, 0) is 11.2 Å². The average Bonchev–Trinajstić information content (AvgIpc) is 3.46. The normalized spacial score (nSPS) is 16.4. The number of hydrogen-bond donors (Lipinski definition) is 3. The molecule has 4 rings (SSSR count). The molecule has 32 heavy (non-hydrogen) atoms. The van der Waals surface area contributed by atoms with Crippen LogP contribution in [0.25, 0.3) is 22.5 Å². The number of unbranched alkanes of at least 4 members (excludes halogenated alkanes) is 1. The number of H-pyrrole nitrogens is 1. The van der Waals surface area contributed by atoms with Crippen LogP contribution < -0.4 is 5.43 Å². The van der Waals surface area contributed by atoms with Gasteiger partial charge in [-0.3, -0.25) is 0 Å². The molecule has 1 aliphatic heterocycles. The van der Waals surface area contributed by atoms with Gasteiger partial charge in [-0.25, -0.2) is 9.80 Å². The number of aromatic amines is 1. The minimum Gasteiger partial charge on any atom is -0.478 e. The van der Waals surface area contributed by atoms with Crippen molar-refractivity contribution in [1.82, 2.24) is 31.1 Å². The number of hydrazine groups is 1. The van der Waals surface area contributed by atoms with Crippen LogP contribution in [0.3, 0.4) is 0 Å². The number of carbonyl (C=O) groups is 1. The Morgan fingerprint density at radius 3 is 2.47 bits per heavy atom. The van der Waals surface area contributed by atoms with Crippen molar-refractivity contribution in [2.75, 3.05) is 6.54 Å². The number of carboxylic acids is 1. The van der Waals surface area contributed by atoms with E-state index in [0.717, 1.165) is 47.3 Å². The summed E-state index contributed by atoms with van der Waals surface area (Å²) in [4.78, 5) is 12.0. The summed E-state index contributed by atoms with van der Waals surface area (Å²) in [6.07, 6.45) is 3.38. The lowest BCUT2D eigenvalue weighted by Gasteiger charge is -2.26. The van der Waals surface area contributed by atoms with Gasteiger partial charge in [-0.2, -0.15) is 5.21 Å². The van der Waals surface area contributed by atoms with Gasteiger partial charge >= 0.3 is 5.97 Å². The molecule has 3 N–H and O–H groups in total. The van der Waals surface area contributed by atoms with E-state index in [9.17, 15) is 9.90 Å². The van der Waals surface area contributed by atoms with E-state index < -0.39 is 5.97 Å². The van der Waals surface area contributed by atoms with Gasteiger partial charge < -0.3 is 10.5 Å². The fourth-order valence-corrected chi connectivity index (χ4v) is 4.21. The Morgan fingerprint density at radius 2 is 1.84 bits per heavy atom. The third-order valence-corrected chi connectivity index (χ3v) is 5.86. The Morgan fingerprint density at radius 1 is 1.09 bits per heavy atom. The van der Waals surface area contributed by atoms with Crippen LogP contribution >= 0.6 is 0 Å². The SMILES string of the molecule is CCCCN1NC(CC)=C(C(=O)O)C1Cc1ccc(-c2ccccc2-c2nn[nH]n2)cc1. The number of hydrogen-bond acceptors (Lipinski definition) is 6. The second kappa shape index (κ2) is 9.74. The Labute approximate surface area is 187 Å². The zero-order valence-electron chi connectivity index (χ0n) is 18.4. The molecule has 2 heterocycles. The van der Waals surface area contributed by atoms with Crippen molar-refractivity contribution in [3.63, 3.8) is 0 Å². The lowest BCUT2D eigenvalue weighted by molar-refractivity contribution is -0.133. The Bertz CT molecular complexity index is 1090. The monoisotopic (exact) mass is 432 g/mol. The molecule has 8 heteroatoms. The number of carboxylic acid groups (broad SMARTS) is 1. The maximum atomic E-state index is 12.0. The number of benzene rings is 2. The largest absolute Gasteiger partial charge is 0.478 e. The topological polar surface area (TPSA) is 107 Å². The van der Waals surface area contributed by atoms with E-state index in [-0.39, 0.29) is 6.04 Å². The van der Waals surface area contributed by atoms with Gasteiger partial charge in [0, 0.05) is 17.8 Å². The molecule has 1 aromatic heterocycles. The van der Waals surface area contributed by atoms with Crippen LogP contribution in [0.5, 0.6) is 0 Å². The smallest absolute Gasteiger partial charge is 0.335 e. The van der Waals surface area contributed by atoms with Gasteiger partial charge in [-0.1, -0.05) is 68.8 Å². The predicted octanol–water partition coefficient (Wildman–Crippen LogP) is 3.81. The molecule has 0 fully saturated rings. The van der Waals surface area contributed by atoms with Crippen LogP contribution in [-0.4, -0.2) is 49.3 Å². The highest BCUT2D eigenvalue weighted by Crippen LogP contribution is 2.31. The molecule has 0 spiro atoms. The molecule has 1 aliphatic rings. The molecule has 1 atom stereocenters. The van der Waals surface area contributed by atoms with Crippen molar-refractivity contribution < 1.29 is 9.90 Å². The first kappa shape index (κ1) is 21.7. The van der Waals surface area contributed by atoms with Gasteiger partial charge in [0.1, 0.15) is 0 Å². The van der Waals surface area contributed by atoms with Crippen molar-refractivity contribution >= 4 is 5.97 Å². The van der Waals surface area contributed by atoms with Crippen molar-refractivity contribution in [2.45, 2.75) is 45.6 Å². The highest BCUT2D eigenvalue weighted by molar-refractivity contribution is 5.89. The minimum atomic E-state index is -0.844. The number of allylic oxidation sites excluding steroid dienone is 1. The first-order chi connectivity index (χ1) is 15.6. The fraction of sp³-hybridized carbons (Fsp3) is 0.333. The number of aromatic nitrogens is 4. The molecule has 0 saturated heterocycles. The molecule has 8 nitrogen and oxygen atoms in total. The van der Waals surface area contributed by atoms with E-state index in [1.165, 1.54) is 0 Å². The third kappa shape index (κ3) is 4.40. The standard InChI is InChI=1S/C24H28N6O2/c1-3-5-14-30-21(22(24(31)32)20(4-2)27-30)15-16-10-12-17(13-11-16)18-8-6-7-9-19(18)23-25-28-29-26-23/h6-13,21,27H,3-5,14-15H2,1-2H3,(H,31,32)(H,25,26,28,29). The number of rotatable bonds is 9. The number of nitrogens with zero attached hydrogens (tertiary/aromatic N) is 4. The summed E-state index contributed by atoms with van der Waals surface area (Å²) in [5.74, 6) is -0.291. The number of tetrazole rings is 1. The van der Waals surface area contributed by atoms with Gasteiger partial charge in [0.15, 0.2) is 0 Å². The Balaban J connectivity index is 1.59. The minimum absolute atomic E-state index is 0.188. The lowest BCUT2D eigenvalue weighted by atomic mass is 9.94. The molecule has 0 aliphatic carbocycles. The summed E-state index contributed by atoms with van der Waals surface area (Å²) >= 11 is 0. The molecule has 1 unspecified atom stereocenters. The zero-order valence-corrected chi connectivity index (χ0v) is 18.4. The van der Waals surface area contributed by atoms with Crippen molar-refractivity contribution in [2.24, 2.45) is 0 Å². The van der Waals surface area contributed by atoms with Crippen LogP contribution in [0.15, 0.2) is 59.8 Å². The molecule has 0 saturated carbocycles. The van der Waals surface area contributed by atoms with Crippen LogP contribution in [0.4, 0.5) is 0 Å². The van der Waals surface area contributed by atoms with E-state index in [1.54, 1.807) is 0 Å². The van der Waals surface area contributed by atoms with Crippen molar-refractivity contribution in [3.8, 4) is 22.5 Å². The van der Waals surface area contributed by atoms with E-state index in [2.05, 4.69) is 62.2 Å². The lowest BCUT2D eigenvalue weighted by Crippen LogP contribution is -2.41. The summed E-state index contributed by atoms with van der Waals surface area (Å²) in [6.45, 7) is 4.95. The maximum Gasteiger partial charge on any atom is 0.335 e. The molecule has 3 aromatic rings. The molecular weight excluding hydrogens is 404 g/mol. The Hall–Kier alpha value is -3.52. The van der Waals surface area contributed by atoms with Gasteiger partial charge in [0.05, 0.1) is 11.6 Å². The summed E-state index contributed by atoms with van der Waals surface area (Å²) in [7, 11) is 0. The highest BCUT2D eigenvalue weighted by Gasteiger charge is 2.35. The van der Waals surface area contributed by atoms with Crippen LogP contribution in [0.2, 0.25) is 0 Å². The summed E-state index contributed by atoms with van der Waals surface area (Å²) in [5, 5.41) is 26.4. The number of aliphatic carboxylic acids is 1. The number of nitrogens with one attached hydrogen (secondary N) is 2. The molecule has 2 aromatic carbocycles. The van der Waals surface area contributed by atoms with Crippen LogP contribution in [0.1, 0.15) is 38.7 Å². The van der Waals surface area contributed by atoms with Crippen molar-refractivity contribution in [3.05, 3.63) is 65.4 Å². The predicted molar refractivity (Wildman–Crippen MR) is 122 cm³/mol. The van der Waals surface area contributed by atoms with Gasteiger partial charge in [-0.05, 0) is 41.2 Å². The van der Waals surface area contributed by atoms with Gasteiger partial charge in [0.2, 0.25) is 5.82 Å². The molecule has 166 valence electrons. The van der Waals surface area contributed by atoms with E-state index in [0.29, 0.717) is 24.2 Å². The summed E-state index contributed by atoms with van der Waals surface area (Å²) < 4.78 is 0. The first-order valence-electron chi connectivity index (χ1n) is 11.0. The maximum absolute atomic E-state index is 12.0. The first-order valence-corrected chi connectivity index (χ1v) is 11.0.